The number of hydrogen-bond acceptors (Lipinski definition) is 5. The van der Waals surface area contributed by atoms with Gasteiger partial charge in [-0.25, -0.2) is 18.7 Å². The largest absolute Gasteiger partial charge is 0.365 e. The third-order valence-electron chi connectivity index (χ3n) is 3.98. The summed E-state index contributed by atoms with van der Waals surface area (Å²) in [4.78, 5) is 24.1. The summed E-state index contributed by atoms with van der Waals surface area (Å²) in [5, 5.41) is 0. The number of amides is 1. The van der Waals surface area contributed by atoms with E-state index >= 15 is 0 Å². The van der Waals surface area contributed by atoms with Gasteiger partial charge in [0.15, 0.2) is 6.10 Å². The first-order valence-corrected chi connectivity index (χ1v) is 7.35. The Morgan fingerprint density at radius 1 is 1.23 bits per heavy atom. The molecular formula is C14H18F2N4O2. The standard InChI is InChI=1S/C14H18F2N4O2/c15-14(16)2-6-19(7-3-14)12(21)11-10-20(8-9-22-11)13-17-4-1-5-18-13/h1,4-5,11H,2-3,6-10H2. The molecule has 0 aromatic carbocycles. The highest BCUT2D eigenvalue weighted by molar-refractivity contribution is 5.82. The number of alkyl halides is 2. The van der Waals surface area contributed by atoms with Crippen molar-refractivity contribution in [1.29, 1.82) is 0 Å². The van der Waals surface area contributed by atoms with Crippen LogP contribution in [-0.2, 0) is 9.53 Å². The summed E-state index contributed by atoms with van der Waals surface area (Å²) in [5.41, 5.74) is 0. The fraction of sp³-hybridized carbons (Fsp3) is 0.643. The number of aromatic nitrogens is 2. The topological polar surface area (TPSA) is 58.6 Å². The molecule has 1 aromatic heterocycles. The van der Waals surface area contributed by atoms with Crippen LogP contribution in [0.1, 0.15) is 12.8 Å². The molecule has 1 atom stereocenters. The van der Waals surface area contributed by atoms with Gasteiger partial charge in [-0.15, -0.1) is 0 Å². The molecule has 120 valence electrons. The normalized spacial score (nSPS) is 25.1. The number of morpholine rings is 1. The molecule has 2 fully saturated rings. The lowest BCUT2D eigenvalue weighted by Gasteiger charge is -2.37. The maximum absolute atomic E-state index is 13.2. The fourth-order valence-corrected chi connectivity index (χ4v) is 2.69. The van der Waals surface area contributed by atoms with Gasteiger partial charge in [-0.05, 0) is 6.07 Å². The summed E-state index contributed by atoms with van der Waals surface area (Å²) in [6.45, 7) is 1.49. The average Bonchev–Trinajstić information content (AvgIpc) is 2.55. The Labute approximate surface area is 127 Å². The zero-order valence-electron chi connectivity index (χ0n) is 12.1. The van der Waals surface area contributed by atoms with Gasteiger partial charge in [0.05, 0.1) is 13.2 Å². The van der Waals surface area contributed by atoms with Crippen LogP contribution < -0.4 is 4.90 Å². The van der Waals surface area contributed by atoms with Crippen molar-refractivity contribution in [3.8, 4) is 0 Å². The van der Waals surface area contributed by atoms with Crippen LogP contribution in [0.4, 0.5) is 14.7 Å². The molecule has 0 aliphatic carbocycles. The molecule has 2 aliphatic rings. The molecule has 2 saturated heterocycles. The Balaban J connectivity index is 1.61. The van der Waals surface area contributed by atoms with Gasteiger partial charge in [-0.2, -0.15) is 0 Å². The van der Waals surface area contributed by atoms with Crippen LogP contribution in [0.3, 0.4) is 0 Å². The predicted octanol–water partition coefficient (Wildman–Crippen LogP) is 0.939. The summed E-state index contributed by atoms with van der Waals surface area (Å²) in [5.74, 6) is -2.33. The van der Waals surface area contributed by atoms with Crippen molar-refractivity contribution in [1.82, 2.24) is 14.9 Å². The van der Waals surface area contributed by atoms with Crippen LogP contribution in [0.25, 0.3) is 0 Å². The van der Waals surface area contributed by atoms with Gasteiger partial charge >= 0.3 is 0 Å². The summed E-state index contributed by atoms with van der Waals surface area (Å²) in [6, 6.07) is 1.72. The minimum absolute atomic E-state index is 0.0769. The molecule has 0 saturated carbocycles. The molecule has 2 aliphatic heterocycles. The summed E-state index contributed by atoms with van der Waals surface area (Å²) in [7, 11) is 0. The minimum atomic E-state index is -2.66. The van der Waals surface area contributed by atoms with Crippen molar-refractivity contribution in [3.63, 3.8) is 0 Å². The number of likely N-dealkylation sites (tertiary alicyclic amines) is 1. The number of carbonyl (C=O) groups excluding carboxylic acids is 1. The van der Waals surface area contributed by atoms with Gasteiger partial charge in [0, 0.05) is 44.9 Å². The van der Waals surface area contributed by atoms with Gasteiger partial charge in [0.25, 0.3) is 11.8 Å². The first kappa shape index (κ1) is 15.1. The first-order valence-electron chi connectivity index (χ1n) is 7.35. The maximum atomic E-state index is 13.2. The van der Waals surface area contributed by atoms with Crippen LogP contribution in [0, 0.1) is 0 Å². The zero-order valence-corrected chi connectivity index (χ0v) is 12.1. The number of nitrogens with zero attached hydrogens (tertiary/aromatic N) is 4. The molecule has 0 N–H and O–H groups in total. The molecule has 0 radical (unpaired) electrons. The van der Waals surface area contributed by atoms with Crippen molar-refractivity contribution in [3.05, 3.63) is 18.5 Å². The van der Waals surface area contributed by atoms with Crippen LogP contribution in [-0.4, -0.2) is 65.6 Å². The molecule has 0 bridgehead atoms. The summed E-state index contributed by atoms with van der Waals surface area (Å²) in [6.07, 6.45) is 2.07. The molecule has 0 spiro atoms. The van der Waals surface area contributed by atoms with E-state index in [1.54, 1.807) is 18.5 Å². The van der Waals surface area contributed by atoms with E-state index in [0.717, 1.165) is 0 Å². The lowest BCUT2D eigenvalue weighted by Crippen LogP contribution is -2.53. The Kier molecular flexibility index (Phi) is 4.19. The second-order valence-electron chi connectivity index (χ2n) is 5.54. The monoisotopic (exact) mass is 312 g/mol. The highest BCUT2D eigenvalue weighted by Crippen LogP contribution is 2.28. The van der Waals surface area contributed by atoms with E-state index in [1.165, 1.54) is 4.90 Å². The Bertz CT molecular complexity index is 519. The fourth-order valence-electron chi connectivity index (χ4n) is 2.69. The van der Waals surface area contributed by atoms with Gasteiger partial charge in [-0.1, -0.05) is 0 Å². The highest BCUT2D eigenvalue weighted by atomic mass is 19.3. The number of ether oxygens (including phenoxy) is 1. The number of piperidine rings is 1. The lowest BCUT2D eigenvalue weighted by molar-refractivity contribution is -0.150. The van der Waals surface area contributed by atoms with Crippen molar-refractivity contribution in [2.45, 2.75) is 24.9 Å². The Hall–Kier alpha value is -1.83. The van der Waals surface area contributed by atoms with E-state index < -0.39 is 12.0 Å². The Morgan fingerprint density at radius 3 is 2.59 bits per heavy atom. The van der Waals surface area contributed by atoms with Crippen LogP contribution >= 0.6 is 0 Å². The third kappa shape index (κ3) is 3.32. The maximum Gasteiger partial charge on any atom is 0.253 e. The SMILES string of the molecule is O=C(C1CN(c2ncccn2)CCO1)N1CCC(F)(F)CC1. The van der Waals surface area contributed by atoms with Crippen LogP contribution in [0.15, 0.2) is 18.5 Å². The first-order chi connectivity index (χ1) is 10.6. The van der Waals surface area contributed by atoms with Crippen molar-refractivity contribution >= 4 is 11.9 Å². The van der Waals surface area contributed by atoms with E-state index in [0.29, 0.717) is 25.6 Å². The number of halogens is 2. The molecule has 1 amide bonds. The number of carbonyl (C=O) groups is 1. The van der Waals surface area contributed by atoms with Crippen molar-refractivity contribution < 1.29 is 18.3 Å². The van der Waals surface area contributed by atoms with Gasteiger partial charge < -0.3 is 14.5 Å². The summed E-state index contributed by atoms with van der Waals surface area (Å²) >= 11 is 0. The lowest BCUT2D eigenvalue weighted by atomic mass is 10.1. The zero-order chi connectivity index (χ0) is 15.6. The molecule has 3 rings (SSSR count). The van der Waals surface area contributed by atoms with Crippen molar-refractivity contribution in [2.75, 3.05) is 37.7 Å². The third-order valence-corrected chi connectivity index (χ3v) is 3.98. The van der Waals surface area contributed by atoms with E-state index in [-0.39, 0.29) is 31.8 Å². The Morgan fingerprint density at radius 2 is 1.91 bits per heavy atom. The molecule has 1 aromatic rings. The molecule has 3 heterocycles. The molecule has 8 heteroatoms. The van der Waals surface area contributed by atoms with Gasteiger partial charge in [-0.3, -0.25) is 4.79 Å². The second-order valence-corrected chi connectivity index (χ2v) is 5.54. The molecule has 1 unspecified atom stereocenters. The number of anilines is 1. The second kappa shape index (κ2) is 6.12. The summed E-state index contributed by atoms with van der Waals surface area (Å²) < 4.78 is 31.9. The minimum Gasteiger partial charge on any atom is -0.365 e. The molecule has 6 nitrogen and oxygen atoms in total. The number of hydrogen-bond donors (Lipinski definition) is 0. The van der Waals surface area contributed by atoms with Gasteiger partial charge in [0.1, 0.15) is 0 Å². The van der Waals surface area contributed by atoms with Gasteiger partial charge in [0.2, 0.25) is 5.95 Å². The van der Waals surface area contributed by atoms with E-state index in [4.69, 9.17) is 4.74 Å². The quantitative estimate of drug-likeness (QED) is 0.813. The van der Waals surface area contributed by atoms with Crippen LogP contribution in [0.2, 0.25) is 0 Å². The van der Waals surface area contributed by atoms with E-state index in [1.807, 2.05) is 4.90 Å². The van der Waals surface area contributed by atoms with Crippen LogP contribution in [0.5, 0.6) is 0 Å². The highest BCUT2D eigenvalue weighted by Gasteiger charge is 2.38. The molecule has 22 heavy (non-hydrogen) atoms. The number of rotatable bonds is 2. The predicted molar refractivity (Wildman–Crippen MR) is 74.7 cm³/mol. The molecular weight excluding hydrogens is 294 g/mol. The van der Waals surface area contributed by atoms with Crippen molar-refractivity contribution in [2.24, 2.45) is 0 Å². The average molecular weight is 312 g/mol. The smallest absolute Gasteiger partial charge is 0.253 e. The van der Waals surface area contributed by atoms with E-state index in [2.05, 4.69) is 9.97 Å². The van der Waals surface area contributed by atoms with E-state index in [9.17, 15) is 13.6 Å².